The van der Waals surface area contributed by atoms with Gasteiger partial charge in [-0.1, -0.05) is 24.3 Å². The summed E-state index contributed by atoms with van der Waals surface area (Å²) in [5, 5.41) is 0. The molecule has 0 atom stereocenters. The summed E-state index contributed by atoms with van der Waals surface area (Å²) in [6.07, 6.45) is 0. The van der Waals surface area contributed by atoms with Crippen LogP contribution in [0.5, 0.6) is 11.6 Å². The molecule has 0 bridgehead atoms. The van der Waals surface area contributed by atoms with Gasteiger partial charge in [-0.05, 0) is 36.8 Å². The van der Waals surface area contributed by atoms with Gasteiger partial charge in [0.05, 0.1) is 11.0 Å². The van der Waals surface area contributed by atoms with Gasteiger partial charge in [0.25, 0.3) is 0 Å². The van der Waals surface area contributed by atoms with Crippen molar-refractivity contribution in [2.24, 2.45) is 5.73 Å². The number of hydrogen-bond donors (Lipinski definition) is 1. The maximum atomic E-state index is 5.83. The first kappa shape index (κ1) is 12.6. The van der Waals surface area contributed by atoms with Gasteiger partial charge in [0, 0.05) is 6.54 Å². The summed E-state index contributed by atoms with van der Waals surface area (Å²) in [6.45, 7) is 2.38. The zero-order chi connectivity index (χ0) is 13.9. The molecule has 0 amide bonds. The lowest BCUT2D eigenvalue weighted by Gasteiger charge is -2.09. The number of para-hydroxylation sites is 2. The van der Waals surface area contributed by atoms with Crippen LogP contribution in [-0.2, 0) is 6.54 Å². The quantitative estimate of drug-likeness (QED) is 0.790. The molecule has 0 radical (unpaired) electrons. The summed E-state index contributed by atoms with van der Waals surface area (Å²) in [7, 11) is 0. The predicted octanol–water partition coefficient (Wildman–Crippen LogP) is 3.19. The maximum Gasteiger partial charge on any atom is 0.241 e. The van der Waals surface area contributed by atoms with E-state index in [0.717, 1.165) is 28.0 Å². The van der Waals surface area contributed by atoms with Crippen LogP contribution in [0.15, 0.2) is 48.5 Å². The topological polar surface area (TPSA) is 61.0 Å². The Kier molecular flexibility index (Phi) is 3.31. The minimum absolute atomic E-state index is 0.486. The molecule has 0 fully saturated rings. The first-order valence-electron chi connectivity index (χ1n) is 6.46. The van der Waals surface area contributed by atoms with Gasteiger partial charge in [-0.2, -0.15) is 0 Å². The number of aryl methyl sites for hydroxylation is 1. The van der Waals surface area contributed by atoms with Gasteiger partial charge in [0.1, 0.15) is 11.4 Å². The summed E-state index contributed by atoms with van der Waals surface area (Å²) in [5.74, 6) is 1.25. The highest BCUT2D eigenvalue weighted by atomic mass is 16.5. The third-order valence-electron chi connectivity index (χ3n) is 3.05. The number of aromatic nitrogens is 2. The van der Waals surface area contributed by atoms with Crippen molar-refractivity contribution in [2.45, 2.75) is 13.5 Å². The molecule has 3 aromatic rings. The summed E-state index contributed by atoms with van der Waals surface area (Å²) >= 11 is 0. The molecule has 0 saturated carbocycles. The van der Waals surface area contributed by atoms with Gasteiger partial charge in [0.15, 0.2) is 0 Å². The van der Waals surface area contributed by atoms with E-state index in [9.17, 15) is 0 Å². The molecule has 0 unspecified atom stereocenters. The van der Waals surface area contributed by atoms with Crippen molar-refractivity contribution in [3.05, 3.63) is 59.8 Å². The molecule has 0 aliphatic heterocycles. The van der Waals surface area contributed by atoms with Gasteiger partial charge in [-0.15, -0.1) is 0 Å². The van der Waals surface area contributed by atoms with E-state index in [1.807, 2.05) is 55.5 Å². The second-order valence-corrected chi connectivity index (χ2v) is 4.56. The van der Waals surface area contributed by atoms with Crippen molar-refractivity contribution in [3.63, 3.8) is 0 Å². The summed E-state index contributed by atoms with van der Waals surface area (Å²) < 4.78 is 5.83. The molecule has 2 N–H and O–H groups in total. The van der Waals surface area contributed by atoms with Crippen LogP contribution in [0.25, 0.3) is 11.0 Å². The smallest absolute Gasteiger partial charge is 0.241 e. The normalized spacial score (nSPS) is 10.7. The largest absolute Gasteiger partial charge is 0.437 e. The van der Waals surface area contributed by atoms with Crippen molar-refractivity contribution in [1.82, 2.24) is 9.97 Å². The Labute approximate surface area is 117 Å². The number of rotatable bonds is 3. The minimum atomic E-state index is 0.486. The lowest BCUT2D eigenvalue weighted by atomic mass is 10.2. The Balaban J connectivity index is 1.99. The molecule has 0 aliphatic carbocycles. The monoisotopic (exact) mass is 265 g/mol. The Morgan fingerprint density at radius 3 is 2.50 bits per heavy atom. The van der Waals surface area contributed by atoms with Crippen LogP contribution in [0.3, 0.4) is 0 Å². The van der Waals surface area contributed by atoms with Crippen molar-refractivity contribution in [1.29, 1.82) is 0 Å². The van der Waals surface area contributed by atoms with E-state index in [1.54, 1.807) is 0 Å². The van der Waals surface area contributed by atoms with E-state index < -0.39 is 0 Å². The SMILES string of the molecule is Cc1nc2ccccc2nc1Oc1cccc(CN)c1. The highest BCUT2D eigenvalue weighted by Crippen LogP contribution is 2.24. The molecule has 3 rings (SSSR count). The van der Waals surface area contributed by atoms with E-state index in [1.165, 1.54) is 0 Å². The van der Waals surface area contributed by atoms with Crippen LogP contribution in [0, 0.1) is 6.92 Å². The van der Waals surface area contributed by atoms with Crippen molar-refractivity contribution in [2.75, 3.05) is 0 Å². The van der Waals surface area contributed by atoms with Crippen molar-refractivity contribution >= 4 is 11.0 Å². The molecule has 0 spiro atoms. The van der Waals surface area contributed by atoms with E-state index in [-0.39, 0.29) is 0 Å². The molecule has 1 heterocycles. The molecule has 20 heavy (non-hydrogen) atoms. The van der Waals surface area contributed by atoms with Gasteiger partial charge >= 0.3 is 0 Å². The summed E-state index contributed by atoms with van der Waals surface area (Å²) in [5.41, 5.74) is 9.11. The summed E-state index contributed by atoms with van der Waals surface area (Å²) in [6, 6.07) is 15.4. The average molecular weight is 265 g/mol. The second-order valence-electron chi connectivity index (χ2n) is 4.56. The maximum absolute atomic E-state index is 5.83. The minimum Gasteiger partial charge on any atom is -0.437 e. The predicted molar refractivity (Wildman–Crippen MR) is 78.7 cm³/mol. The van der Waals surface area contributed by atoms with Gasteiger partial charge in [-0.25, -0.2) is 9.97 Å². The first-order chi connectivity index (χ1) is 9.76. The van der Waals surface area contributed by atoms with Gasteiger partial charge in [-0.3, -0.25) is 0 Å². The second kappa shape index (κ2) is 5.27. The Bertz CT molecular complexity index is 756. The molecule has 1 aromatic heterocycles. The Morgan fingerprint density at radius 1 is 1.00 bits per heavy atom. The van der Waals surface area contributed by atoms with Crippen LogP contribution in [0.1, 0.15) is 11.3 Å². The lowest BCUT2D eigenvalue weighted by Crippen LogP contribution is -1.98. The molecule has 100 valence electrons. The molecule has 0 saturated heterocycles. The number of hydrogen-bond acceptors (Lipinski definition) is 4. The lowest BCUT2D eigenvalue weighted by molar-refractivity contribution is 0.457. The zero-order valence-corrected chi connectivity index (χ0v) is 11.2. The van der Waals surface area contributed by atoms with E-state index in [0.29, 0.717) is 12.4 Å². The first-order valence-corrected chi connectivity index (χ1v) is 6.46. The van der Waals surface area contributed by atoms with E-state index >= 15 is 0 Å². The van der Waals surface area contributed by atoms with Crippen molar-refractivity contribution < 1.29 is 4.74 Å². The third kappa shape index (κ3) is 2.46. The molecular weight excluding hydrogens is 250 g/mol. The zero-order valence-electron chi connectivity index (χ0n) is 11.2. The third-order valence-corrected chi connectivity index (χ3v) is 3.05. The van der Waals surface area contributed by atoms with Gasteiger partial charge < -0.3 is 10.5 Å². The number of nitrogens with zero attached hydrogens (tertiary/aromatic N) is 2. The molecule has 2 aromatic carbocycles. The average Bonchev–Trinajstić information content (AvgIpc) is 2.48. The van der Waals surface area contributed by atoms with E-state index in [2.05, 4.69) is 9.97 Å². The highest BCUT2D eigenvalue weighted by Gasteiger charge is 2.07. The molecule has 4 nitrogen and oxygen atoms in total. The number of fused-ring (bicyclic) bond motifs is 1. The summed E-state index contributed by atoms with van der Waals surface area (Å²) in [4.78, 5) is 9.01. The Morgan fingerprint density at radius 2 is 1.75 bits per heavy atom. The Hall–Kier alpha value is -2.46. The standard InChI is InChI=1S/C16H15N3O/c1-11-16(19-15-8-3-2-7-14(15)18-11)20-13-6-4-5-12(9-13)10-17/h2-9H,10,17H2,1H3. The van der Waals surface area contributed by atoms with Gasteiger partial charge in [0.2, 0.25) is 5.88 Å². The molecule has 4 heteroatoms. The van der Waals surface area contributed by atoms with Crippen LogP contribution in [0.4, 0.5) is 0 Å². The van der Waals surface area contributed by atoms with Crippen LogP contribution >= 0.6 is 0 Å². The molecular formula is C16H15N3O. The molecule has 0 aliphatic rings. The van der Waals surface area contributed by atoms with Crippen molar-refractivity contribution in [3.8, 4) is 11.6 Å². The number of ether oxygens (including phenoxy) is 1. The highest BCUT2D eigenvalue weighted by molar-refractivity contribution is 5.74. The fourth-order valence-corrected chi connectivity index (χ4v) is 2.02. The number of benzene rings is 2. The fourth-order valence-electron chi connectivity index (χ4n) is 2.02. The van der Waals surface area contributed by atoms with E-state index in [4.69, 9.17) is 10.5 Å². The van der Waals surface area contributed by atoms with Crippen LogP contribution in [0.2, 0.25) is 0 Å². The number of nitrogens with two attached hydrogens (primary N) is 1. The fraction of sp³-hybridized carbons (Fsp3) is 0.125. The van der Waals surface area contributed by atoms with Crippen LogP contribution in [-0.4, -0.2) is 9.97 Å². The van der Waals surface area contributed by atoms with Crippen LogP contribution < -0.4 is 10.5 Å².